The Balaban J connectivity index is 1.57. The van der Waals surface area contributed by atoms with Gasteiger partial charge >= 0.3 is 0 Å². The molecule has 0 fully saturated rings. The van der Waals surface area contributed by atoms with Crippen LogP contribution in [0.4, 0.5) is 5.69 Å². The van der Waals surface area contributed by atoms with E-state index in [4.69, 9.17) is 0 Å². The van der Waals surface area contributed by atoms with Crippen LogP contribution in [0.15, 0.2) is 66.2 Å². The topological polar surface area (TPSA) is 62.3 Å². The summed E-state index contributed by atoms with van der Waals surface area (Å²) in [6.45, 7) is 0.590. The van der Waals surface area contributed by atoms with Gasteiger partial charge in [0.2, 0.25) is 0 Å². The lowest BCUT2D eigenvalue weighted by Gasteiger charge is -2.17. The lowest BCUT2D eigenvalue weighted by atomic mass is 10.1. The number of carbonyl (C=O) groups excluding carboxylic acids is 2. The maximum Gasteiger partial charge on any atom is 0.265 e. The highest BCUT2D eigenvalue weighted by Gasteiger charge is 2.12. The minimum atomic E-state index is -0.147. The SMILES string of the molecule is CN(CCc1ccccn1)C(=O)c1ccc(NC(=O)c2cccs2)cc1. The van der Waals surface area contributed by atoms with Gasteiger partial charge in [0.1, 0.15) is 0 Å². The summed E-state index contributed by atoms with van der Waals surface area (Å²) in [6, 6.07) is 16.3. The largest absolute Gasteiger partial charge is 0.341 e. The van der Waals surface area contributed by atoms with Crippen LogP contribution < -0.4 is 5.32 Å². The van der Waals surface area contributed by atoms with Crippen molar-refractivity contribution in [3.05, 3.63) is 82.3 Å². The van der Waals surface area contributed by atoms with Crippen molar-refractivity contribution >= 4 is 28.8 Å². The maximum absolute atomic E-state index is 12.5. The summed E-state index contributed by atoms with van der Waals surface area (Å²) in [5.41, 5.74) is 2.21. The fourth-order valence-corrected chi connectivity index (χ4v) is 3.07. The molecule has 0 saturated heterocycles. The normalized spacial score (nSPS) is 10.3. The number of carbonyl (C=O) groups is 2. The minimum absolute atomic E-state index is 0.0583. The molecule has 0 unspecified atom stereocenters. The van der Waals surface area contributed by atoms with Crippen molar-refractivity contribution in [1.29, 1.82) is 0 Å². The molecule has 132 valence electrons. The van der Waals surface area contributed by atoms with Gasteiger partial charge in [-0.1, -0.05) is 12.1 Å². The van der Waals surface area contributed by atoms with Gasteiger partial charge in [0.05, 0.1) is 4.88 Å². The summed E-state index contributed by atoms with van der Waals surface area (Å²) in [6.07, 6.45) is 2.46. The van der Waals surface area contributed by atoms with E-state index in [0.29, 0.717) is 29.1 Å². The zero-order valence-corrected chi connectivity index (χ0v) is 15.2. The first kappa shape index (κ1) is 17.8. The molecule has 0 bridgehead atoms. The number of hydrogen-bond donors (Lipinski definition) is 1. The number of amides is 2. The number of benzene rings is 1. The van der Waals surface area contributed by atoms with Gasteiger partial charge in [-0.15, -0.1) is 11.3 Å². The lowest BCUT2D eigenvalue weighted by Crippen LogP contribution is -2.29. The molecule has 0 aliphatic carbocycles. The molecule has 0 aliphatic heterocycles. The summed E-state index contributed by atoms with van der Waals surface area (Å²) < 4.78 is 0. The van der Waals surface area contributed by atoms with E-state index in [0.717, 1.165) is 5.69 Å². The molecule has 0 spiro atoms. The highest BCUT2D eigenvalue weighted by atomic mass is 32.1. The van der Waals surface area contributed by atoms with Gasteiger partial charge in [-0.2, -0.15) is 0 Å². The Bertz CT molecular complexity index is 862. The standard InChI is InChI=1S/C20H19N3O2S/c1-23(13-11-16-5-2-3-12-21-16)20(25)15-7-9-17(10-8-15)22-19(24)18-6-4-14-26-18/h2-10,12,14H,11,13H2,1H3,(H,22,24). The van der Waals surface area contributed by atoms with E-state index in [-0.39, 0.29) is 11.8 Å². The Kier molecular flexibility index (Phi) is 5.76. The van der Waals surface area contributed by atoms with Crippen molar-refractivity contribution in [2.24, 2.45) is 0 Å². The molecule has 0 radical (unpaired) electrons. The molecule has 6 heteroatoms. The van der Waals surface area contributed by atoms with Crippen LogP contribution in [0.2, 0.25) is 0 Å². The van der Waals surface area contributed by atoms with E-state index in [1.165, 1.54) is 11.3 Å². The second kappa shape index (κ2) is 8.40. The van der Waals surface area contributed by atoms with Crippen molar-refractivity contribution in [2.75, 3.05) is 18.9 Å². The van der Waals surface area contributed by atoms with Gasteiger partial charge in [0, 0.05) is 43.2 Å². The fourth-order valence-electron chi connectivity index (χ4n) is 2.45. The van der Waals surface area contributed by atoms with Crippen molar-refractivity contribution in [3.63, 3.8) is 0 Å². The van der Waals surface area contributed by atoms with Gasteiger partial charge in [-0.05, 0) is 47.8 Å². The van der Waals surface area contributed by atoms with Crippen LogP contribution in [0, 0.1) is 0 Å². The quantitative estimate of drug-likeness (QED) is 0.724. The summed E-state index contributed by atoms with van der Waals surface area (Å²) in [7, 11) is 1.78. The highest BCUT2D eigenvalue weighted by Crippen LogP contribution is 2.15. The Morgan fingerprint density at radius 3 is 2.54 bits per heavy atom. The average molecular weight is 365 g/mol. The number of nitrogens with one attached hydrogen (secondary N) is 1. The summed E-state index contributed by atoms with van der Waals surface area (Å²) in [5, 5.41) is 4.68. The Hall–Kier alpha value is -2.99. The maximum atomic E-state index is 12.5. The second-order valence-corrected chi connectivity index (χ2v) is 6.75. The number of anilines is 1. The van der Waals surface area contributed by atoms with Gasteiger partial charge in [0.15, 0.2) is 0 Å². The second-order valence-electron chi connectivity index (χ2n) is 5.81. The first-order chi connectivity index (χ1) is 12.6. The number of hydrogen-bond acceptors (Lipinski definition) is 4. The Labute approximate surface area is 156 Å². The summed E-state index contributed by atoms with van der Waals surface area (Å²) in [4.78, 5) is 31.1. The number of pyridine rings is 1. The van der Waals surface area contributed by atoms with Crippen LogP contribution in [0.3, 0.4) is 0 Å². The molecule has 1 aromatic carbocycles. The van der Waals surface area contributed by atoms with Gasteiger partial charge < -0.3 is 10.2 Å². The number of likely N-dealkylation sites (N-methyl/N-ethyl adjacent to an activating group) is 1. The first-order valence-electron chi connectivity index (χ1n) is 8.24. The molecule has 2 aromatic heterocycles. The van der Waals surface area contributed by atoms with Gasteiger partial charge in [0.25, 0.3) is 11.8 Å². The third kappa shape index (κ3) is 4.55. The van der Waals surface area contributed by atoms with Crippen molar-refractivity contribution in [1.82, 2.24) is 9.88 Å². The molecule has 0 atom stereocenters. The minimum Gasteiger partial charge on any atom is -0.341 e. The van der Waals surface area contributed by atoms with E-state index in [1.807, 2.05) is 29.6 Å². The van der Waals surface area contributed by atoms with Crippen molar-refractivity contribution in [3.8, 4) is 0 Å². The molecule has 5 nitrogen and oxygen atoms in total. The summed E-state index contributed by atoms with van der Waals surface area (Å²) >= 11 is 1.39. The molecule has 0 aliphatic rings. The van der Waals surface area contributed by atoms with Gasteiger partial charge in [-0.3, -0.25) is 14.6 Å². The number of aromatic nitrogens is 1. The predicted molar refractivity (Wildman–Crippen MR) is 104 cm³/mol. The molecule has 2 amide bonds. The van der Waals surface area contributed by atoms with Crippen LogP contribution in [0.5, 0.6) is 0 Å². The third-order valence-corrected chi connectivity index (χ3v) is 4.78. The third-order valence-electron chi connectivity index (χ3n) is 3.91. The van der Waals surface area contributed by atoms with Crippen LogP contribution >= 0.6 is 11.3 Å². The predicted octanol–water partition coefficient (Wildman–Crippen LogP) is 3.71. The Morgan fingerprint density at radius 1 is 1.08 bits per heavy atom. The van der Waals surface area contributed by atoms with E-state index in [2.05, 4.69) is 10.3 Å². The van der Waals surface area contributed by atoms with Crippen LogP contribution in [0.25, 0.3) is 0 Å². The Morgan fingerprint density at radius 2 is 1.88 bits per heavy atom. The molecule has 1 N–H and O–H groups in total. The monoisotopic (exact) mass is 365 g/mol. The smallest absolute Gasteiger partial charge is 0.265 e. The highest BCUT2D eigenvalue weighted by molar-refractivity contribution is 7.12. The number of rotatable bonds is 6. The van der Waals surface area contributed by atoms with E-state index >= 15 is 0 Å². The first-order valence-corrected chi connectivity index (χ1v) is 9.12. The van der Waals surface area contributed by atoms with E-state index in [9.17, 15) is 9.59 Å². The zero-order chi connectivity index (χ0) is 18.4. The summed E-state index contributed by atoms with van der Waals surface area (Å²) in [5.74, 6) is -0.205. The van der Waals surface area contributed by atoms with Crippen molar-refractivity contribution in [2.45, 2.75) is 6.42 Å². The van der Waals surface area contributed by atoms with E-state index < -0.39 is 0 Å². The molecule has 0 saturated carbocycles. The van der Waals surface area contributed by atoms with Crippen molar-refractivity contribution < 1.29 is 9.59 Å². The number of thiophene rings is 1. The zero-order valence-electron chi connectivity index (χ0n) is 14.4. The average Bonchev–Trinajstić information content (AvgIpc) is 3.22. The fraction of sp³-hybridized carbons (Fsp3) is 0.150. The van der Waals surface area contributed by atoms with Gasteiger partial charge in [-0.25, -0.2) is 0 Å². The molecule has 3 rings (SSSR count). The molecular weight excluding hydrogens is 346 g/mol. The van der Waals surface area contributed by atoms with Crippen LogP contribution in [-0.4, -0.2) is 35.3 Å². The molecular formula is C20H19N3O2S. The number of nitrogens with zero attached hydrogens (tertiary/aromatic N) is 2. The van der Waals surface area contributed by atoms with Crippen LogP contribution in [0.1, 0.15) is 25.7 Å². The van der Waals surface area contributed by atoms with Crippen LogP contribution in [-0.2, 0) is 6.42 Å². The molecule has 26 heavy (non-hydrogen) atoms. The molecule has 2 heterocycles. The van der Waals surface area contributed by atoms with E-state index in [1.54, 1.807) is 48.5 Å². The lowest BCUT2D eigenvalue weighted by molar-refractivity contribution is 0.0796. The molecule has 3 aromatic rings.